The topological polar surface area (TPSA) is 324 Å². The first-order valence-corrected chi connectivity index (χ1v) is 13.6. The van der Waals surface area contributed by atoms with Gasteiger partial charge in [-0.15, -0.1) is 0 Å². The Kier molecular flexibility index (Phi) is 18.1. The van der Waals surface area contributed by atoms with Crippen LogP contribution in [0.4, 0.5) is 0 Å². The van der Waals surface area contributed by atoms with Crippen LogP contribution in [0.15, 0.2) is 9.98 Å². The van der Waals surface area contributed by atoms with E-state index in [4.69, 9.17) is 32.4 Å². The monoisotopic (exact) mass is 598 g/mol. The van der Waals surface area contributed by atoms with E-state index < -0.39 is 68.3 Å². The van der Waals surface area contributed by atoms with Crippen molar-refractivity contribution in [3.8, 4) is 0 Å². The van der Waals surface area contributed by atoms with Crippen LogP contribution in [0.25, 0.3) is 0 Å². The summed E-state index contributed by atoms with van der Waals surface area (Å²) in [5.41, 5.74) is 21.4. The van der Waals surface area contributed by atoms with Gasteiger partial charge < -0.3 is 83.5 Å². The Labute approximate surface area is 239 Å². The van der Waals surface area contributed by atoms with Gasteiger partial charge in [-0.3, -0.25) is 9.98 Å². The zero-order chi connectivity index (χ0) is 30.9. The Morgan fingerprint density at radius 1 is 0.829 bits per heavy atom. The lowest BCUT2D eigenvalue weighted by Gasteiger charge is -2.42. The molecule has 6 unspecified atom stereocenters. The number of nitrogens with one attached hydrogen (secondary N) is 1. The Bertz CT molecular complexity index is 736. The molecule has 1 saturated heterocycles. The SMILES string of the molecule is NC(N)=NCCCN(CCCN=C(N)N)CCCNCC(O)C(O)C(O[C@@H]1OC(CO)[C@H](O)[C@H](O)C1O)C(O)CO. The molecule has 18 heteroatoms. The summed E-state index contributed by atoms with van der Waals surface area (Å²) in [6.45, 7) is 1.92. The summed E-state index contributed by atoms with van der Waals surface area (Å²) in [5, 5.41) is 83.2. The van der Waals surface area contributed by atoms with Gasteiger partial charge in [0.1, 0.15) is 42.7 Å². The first kappa shape index (κ1) is 37.1. The van der Waals surface area contributed by atoms with Crippen molar-refractivity contribution in [2.75, 3.05) is 59.0 Å². The van der Waals surface area contributed by atoms with E-state index in [9.17, 15) is 40.9 Å². The second kappa shape index (κ2) is 20.1. The number of aliphatic hydroxyl groups excluding tert-OH is 8. The van der Waals surface area contributed by atoms with Crippen molar-refractivity contribution in [2.45, 2.75) is 74.4 Å². The van der Waals surface area contributed by atoms with Gasteiger partial charge in [-0.2, -0.15) is 0 Å². The molecule has 1 aliphatic rings. The van der Waals surface area contributed by atoms with Gasteiger partial charge in [0.15, 0.2) is 18.2 Å². The number of guanidine groups is 2. The summed E-state index contributed by atoms with van der Waals surface area (Å²) in [5.74, 6) is 0.0585. The highest BCUT2D eigenvalue weighted by Gasteiger charge is 2.46. The first-order chi connectivity index (χ1) is 19.4. The number of nitrogens with zero attached hydrogens (tertiary/aromatic N) is 3. The minimum absolute atomic E-state index is 0.0292. The Morgan fingerprint density at radius 3 is 1.90 bits per heavy atom. The van der Waals surface area contributed by atoms with Crippen LogP contribution in [-0.2, 0) is 9.47 Å². The predicted octanol–water partition coefficient (Wildman–Crippen LogP) is -7.14. The molecule has 0 amide bonds. The minimum atomic E-state index is -1.80. The second-order valence-electron chi connectivity index (χ2n) is 9.83. The van der Waals surface area contributed by atoms with Crippen LogP contribution in [0.1, 0.15) is 19.3 Å². The van der Waals surface area contributed by atoms with Crippen molar-refractivity contribution in [1.29, 1.82) is 0 Å². The largest absolute Gasteiger partial charge is 0.394 e. The maximum absolute atomic E-state index is 10.7. The van der Waals surface area contributed by atoms with Crippen molar-refractivity contribution in [1.82, 2.24) is 10.2 Å². The molecule has 0 radical (unpaired) electrons. The molecule has 17 N–H and O–H groups in total. The van der Waals surface area contributed by atoms with Crippen LogP contribution in [0, 0.1) is 0 Å². The Morgan fingerprint density at radius 2 is 1.39 bits per heavy atom. The van der Waals surface area contributed by atoms with E-state index in [0.717, 1.165) is 25.9 Å². The van der Waals surface area contributed by atoms with Crippen molar-refractivity contribution in [2.24, 2.45) is 32.9 Å². The van der Waals surface area contributed by atoms with Gasteiger partial charge in [0, 0.05) is 19.6 Å². The normalized spacial score (nSPS) is 25.8. The summed E-state index contributed by atoms with van der Waals surface area (Å²) in [4.78, 5) is 10.1. The molecule has 1 fully saturated rings. The summed E-state index contributed by atoms with van der Waals surface area (Å²) >= 11 is 0. The van der Waals surface area contributed by atoms with Gasteiger partial charge in [-0.1, -0.05) is 0 Å². The molecular formula is C23H50N8O10. The van der Waals surface area contributed by atoms with Gasteiger partial charge in [0.2, 0.25) is 0 Å². The number of nitrogens with two attached hydrogens (primary N) is 4. The van der Waals surface area contributed by atoms with E-state index in [0.29, 0.717) is 32.6 Å². The van der Waals surface area contributed by atoms with Gasteiger partial charge in [0.25, 0.3) is 0 Å². The van der Waals surface area contributed by atoms with Crippen LogP contribution in [0.2, 0.25) is 0 Å². The third-order valence-electron chi connectivity index (χ3n) is 6.47. The summed E-state index contributed by atoms with van der Waals surface area (Å²) in [6, 6.07) is 0. The van der Waals surface area contributed by atoms with E-state index >= 15 is 0 Å². The molecule has 242 valence electrons. The van der Waals surface area contributed by atoms with Crippen molar-refractivity contribution in [3.63, 3.8) is 0 Å². The van der Waals surface area contributed by atoms with Crippen LogP contribution < -0.4 is 28.3 Å². The van der Waals surface area contributed by atoms with Crippen molar-refractivity contribution >= 4 is 11.9 Å². The third-order valence-corrected chi connectivity index (χ3v) is 6.47. The molecular weight excluding hydrogens is 548 g/mol. The molecule has 0 aromatic heterocycles. The van der Waals surface area contributed by atoms with Crippen LogP contribution in [0.3, 0.4) is 0 Å². The fourth-order valence-electron chi connectivity index (χ4n) is 4.20. The number of ether oxygens (including phenoxy) is 2. The van der Waals surface area contributed by atoms with Crippen molar-refractivity contribution < 1.29 is 50.3 Å². The van der Waals surface area contributed by atoms with Crippen LogP contribution in [-0.4, -0.2) is 172 Å². The average Bonchev–Trinajstić information content (AvgIpc) is 2.94. The number of rotatable bonds is 21. The number of aliphatic hydroxyl groups is 8. The second-order valence-corrected chi connectivity index (χ2v) is 9.83. The molecule has 41 heavy (non-hydrogen) atoms. The number of hydrogen-bond donors (Lipinski definition) is 13. The lowest BCUT2D eigenvalue weighted by atomic mass is 9.98. The Balaban J connectivity index is 2.60. The lowest BCUT2D eigenvalue weighted by Crippen LogP contribution is -2.61. The summed E-state index contributed by atoms with van der Waals surface area (Å²) in [7, 11) is 0. The molecule has 0 bridgehead atoms. The minimum Gasteiger partial charge on any atom is -0.394 e. The predicted molar refractivity (Wildman–Crippen MR) is 148 cm³/mol. The maximum Gasteiger partial charge on any atom is 0.187 e. The molecule has 0 aliphatic carbocycles. The molecule has 0 aromatic rings. The molecule has 1 aliphatic heterocycles. The summed E-state index contributed by atoms with van der Waals surface area (Å²) in [6.07, 6.45) is -12.6. The number of hydrogen-bond acceptors (Lipinski definition) is 14. The van der Waals surface area contributed by atoms with Gasteiger partial charge in [-0.05, 0) is 45.4 Å². The van der Waals surface area contributed by atoms with E-state index in [2.05, 4.69) is 20.2 Å². The molecule has 0 spiro atoms. The highest BCUT2D eigenvalue weighted by molar-refractivity contribution is 5.75. The highest BCUT2D eigenvalue weighted by atomic mass is 16.7. The smallest absolute Gasteiger partial charge is 0.187 e. The van der Waals surface area contributed by atoms with Crippen molar-refractivity contribution in [3.05, 3.63) is 0 Å². The maximum atomic E-state index is 10.7. The molecule has 18 nitrogen and oxygen atoms in total. The quantitative estimate of drug-likeness (QED) is 0.0331. The Hall–Kier alpha value is -1.94. The van der Waals surface area contributed by atoms with E-state index in [1.54, 1.807) is 0 Å². The van der Waals surface area contributed by atoms with E-state index in [1.165, 1.54) is 0 Å². The van der Waals surface area contributed by atoms with Gasteiger partial charge >= 0.3 is 0 Å². The third kappa shape index (κ3) is 13.7. The van der Waals surface area contributed by atoms with Gasteiger partial charge in [0.05, 0.1) is 19.3 Å². The molecule has 1 heterocycles. The lowest BCUT2D eigenvalue weighted by molar-refractivity contribution is -0.327. The zero-order valence-electron chi connectivity index (χ0n) is 23.2. The first-order valence-electron chi connectivity index (χ1n) is 13.6. The fourth-order valence-corrected chi connectivity index (χ4v) is 4.20. The van der Waals surface area contributed by atoms with Crippen LogP contribution in [0.5, 0.6) is 0 Å². The fraction of sp³-hybridized carbons (Fsp3) is 0.913. The summed E-state index contributed by atoms with van der Waals surface area (Å²) < 4.78 is 10.7. The highest BCUT2D eigenvalue weighted by Crippen LogP contribution is 2.25. The number of aliphatic imine (C=N–C) groups is 2. The molecule has 0 aromatic carbocycles. The average molecular weight is 599 g/mol. The zero-order valence-corrected chi connectivity index (χ0v) is 23.2. The molecule has 9 atom stereocenters. The van der Waals surface area contributed by atoms with Gasteiger partial charge in [-0.25, -0.2) is 0 Å². The van der Waals surface area contributed by atoms with Crippen LogP contribution >= 0.6 is 0 Å². The van der Waals surface area contributed by atoms with E-state index in [1.807, 2.05) is 0 Å². The molecule has 1 rings (SSSR count). The standard InChI is InChI=1S/C23H50N8O10/c24-22(25)29-5-2-8-31(9-3-6-30-23(26)27)7-1-4-28-10-13(34)16(36)20(14(35)11-32)41-21-19(39)18(38)17(37)15(12-33)40-21/h13-21,28,32-39H,1-12H2,(H4,24,25,29)(H4,26,27,30)/t13?,14?,15?,16?,17-,18-,19?,20?,21-/m0/s1. The molecule has 0 saturated carbocycles. The van der Waals surface area contributed by atoms with E-state index in [-0.39, 0.29) is 18.5 Å².